The van der Waals surface area contributed by atoms with E-state index < -0.39 is 13.1 Å². The standard InChI is InChI=1S/C24H34BN3O4/c1-18(20-11-5-3-6-12-20)24(30)28(19(2)21-13-7-4-8-14-21)17-23(29)27-16-10-9-15-22(26)25(31)32/h3-8,11-14,18-19,22,31-32H,9-10,15-17,26H2,1-2H3,(H,27,29). The molecule has 0 aliphatic rings. The van der Waals surface area contributed by atoms with E-state index in [9.17, 15) is 9.59 Å². The van der Waals surface area contributed by atoms with Crippen molar-refractivity contribution in [3.05, 3.63) is 71.8 Å². The summed E-state index contributed by atoms with van der Waals surface area (Å²) in [6.07, 6.45) is 1.78. The van der Waals surface area contributed by atoms with Gasteiger partial charge in [-0.2, -0.15) is 0 Å². The van der Waals surface area contributed by atoms with Gasteiger partial charge in [-0.25, -0.2) is 0 Å². The number of carbonyl (C=O) groups excluding carboxylic acids is 2. The van der Waals surface area contributed by atoms with E-state index in [1.165, 1.54) is 0 Å². The van der Waals surface area contributed by atoms with E-state index in [1.54, 1.807) is 4.90 Å². The molecule has 2 amide bonds. The van der Waals surface area contributed by atoms with Crippen LogP contribution in [0, 0.1) is 0 Å². The topological polar surface area (TPSA) is 116 Å². The van der Waals surface area contributed by atoms with Crippen molar-refractivity contribution in [2.45, 2.75) is 51.0 Å². The number of nitrogens with zero attached hydrogens (tertiary/aromatic N) is 1. The smallest absolute Gasteiger partial charge is 0.426 e. The van der Waals surface area contributed by atoms with Gasteiger partial charge in [-0.05, 0) is 37.8 Å². The molecule has 3 atom stereocenters. The van der Waals surface area contributed by atoms with Crippen molar-refractivity contribution in [2.24, 2.45) is 5.73 Å². The summed E-state index contributed by atoms with van der Waals surface area (Å²) >= 11 is 0. The molecule has 2 aromatic carbocycles. The van der Waals surface area contributed by atoms with Crippen LogP contribution in [0.2, 0.25) is 0 Å². The van der Waals surface area contributed by atoms with Gasteiger partial charge < -0.3 is 26.0 Å². The lowest BCUT2D eigenvalue weighted by Crippen LogP contribution is -2.44. The summed E-state index contributed by atoms with van der Waals surface area (Å²) in [5.74, 6) is -1.40. The van der Waals surface area contributed by atoms with Crippen LogP contribution in [0.4, 0.5) is 0 Å². The van der Waals surface area contributed by atoms with E-state index in [2.05, 4.69) is 5.32 Å². The first-order chi connectivity index (χ1) is 15.3. The summed E-state index contributed by atoms with van der Waals surface area (Å²) < 4.78 is 0. The molecule has 0 saturated heterocycles. The van der Waals surface area contributed by atoms with Crippen molar-refractivity contribution < 1.29 is 19.6 Å². The zero-order valence-corrected chi connectivity index (χ0v) is 18.9. The average Bonchev–Trinajstić information content (AvgIpc) is 2.81. The molecule has 0 heterocycles. The molecule has 2 aromatic rings. The predicted octanol–water partition coefficient (Wildman–Crippen LogP) is 2.01. The SMILES string of the molecule is CC(C(=O)N(CC(=O)NCCCCC(N)B(O)O)C(C)c1ccccc1)c1ccccc1. The predicted molar refractivity (Wildman–Crippen MR) is 126 cm³/mol. The number of nitrogens with two attached hydrogens (primary N) is 1. The van der Waals surface area contributed by atoms with E-state index in [1.807, 2.05) is 74.5 Å². The fourth-order valence-electron chi connectivity index (χ4n) is 3.54. The molecule has 0 aliphatic heterocycles. The van der Waals surface area contributed by atoms with Crippen LogP contribution in [0.5, 0.6) is 0 Å². The summed E-state index contributed by atoms with van der Waals surface area (Å²) in [4.78, 5) is 27.7. The Morgan fingerprint density at radius 1 is 0.969 bits per heavy atom. The van der Waals surface area contributed by atoms with Gasteiger partial charge in [-0.1, -0.05) is 67.1 Å². The van der Waals surface area contributed by atoms with Gasteiger partial charge in [0.2, 0.25) is 11.8 Å². The second-order valence-corrected chi connectivity index (χ2v) is 8.11. The first-order valence-electron chi connectivity index (χ1n) is 11.1. The maximum atomic E-state index is 13.4. The Bertz CT molecular complexity index is 836. The van der Waals surface area contributed by atoms with E-state index in [0.29, 0.717) is 25.8 Å². The minimum Gasteiger partial charge on any atom is -0.426 e. The minimum atomic E-state index is -1.53. The molecule has 8 heteroatoms. The average molecular weight is 439 g/mol. The molecule has 0 spiro atoms. The molecular weight excluding hydrogens is 405 g/mol. The van der Waals surface area contributed by atoms with Crippen LogP contribution in [-0.4, -0.2) is 52.9 Å². The van der Waals surface area contributed by atoms with Gasteiger partial charge >= 0.3 is 7.12 Å². The lowest BCUT2D eigenvalue weighted by molar-refractivity contribution is -0.139. The number of nitrogens with one attached hydrogen (secondary N) is 1. The number of hydrogen-bond acceptors (Lipinski definition) is 5. The number of hydrogen-bond donors (Lipinski definition) is 4. The van der Waals surface area contributed by atoms with Crippen molar-refractivity contribution in [1.29, 1.82) is 0 Å². The Morgan fingerprint density at radius 3 is 2.09 bits per heavy atom. The van der Waals surface area contributed by atoms with Crippen LogP contribution in [-0.2, 0) is 9.59 Å². The lowest BCUT2D eigenvalue weighted by atomic mass is 9.77. The Morgan fingerprint density at radius 2 is 1.53 bits per heavy atom. The van der Waals surface area contributed by atoms with E-state index in [0.717, 1.165) is 11.1 Å². The van der Waals surface area contributed by atoms with Crippen molar-refractivity contribution >= 4 is 18.9 Å². The Labute approximate surface area is 190 Å². The molecule has 32 heavy (non-hydrogen) atoms. The molecule has 3 unspecified atom stereocenters. The molecule has 0 aliphatic carbocycles. The summed E-state index contributed by atoms with van der Waals surface area (Å²) in [5.41, 5.74) is 7.46. The van der Waals surface area contributed by atoms with Gasteiger partial charge in [0.15, 0.2) is 0 Å². The van der Waals surface area contributed by atoms with Crippen molar-refractivity contribution in [3.63, 3.8) is 0 Å². The quantitative estimate of drug-likeness (QED) is 0.298. The third-order valence-corrected chi connectivity index (χ3v) is 5.69. The van der Waals surface area contributed by atoms with Gasteiger partial charge in [0.1, 0.15) is 6.54 Å². The molecule has 0 radical (unpaired) electrons. The van der Waals surface area contributed by atoms with Crippen LogP contribution in [0.25, 0.3) is 0 Å². The van der Waals surface area contributed by atoms with E-state index in [4.69, 9.17) is 15.8 Å². The van der Waals surface area contributed by atoms with Gasteiger partial charge in [0, 0.05) is 12.5 Å². The molecular formula is C24H34BN3O4. The van der Waals surface area contributed by atoms with E-state index in [-0.39, 0.29) is 30.3 Å². The van der Waals surface area contributed by atoms with Crippen LogP contribution < -0.4 is 11.1 Å². The largest absolute Gasteiger partial charge is 0.469 e. The highest BCUT2D eigenvalue weighted by Gasteiger charge is 2.28. The number of carbonyl (C=O) groups is 2. The molecule has 0 fully saturated rings. The van der Waals surface area contributed by atoms with Crippen molar-refractivity contribution in [3.8, 4) is 0 Å². The number of rotatable bonds is 12. The summed E-state index contributed by atoms with van der Waals surface area (Å²) in [6.45, 7) is 4.18. The van der Waals surface area contributed by atoms with Crippen LogP contribution in [0.15, 0.2) is 60.7 Å². The maximum Gasteiger partial charge on any atom is 0.469 e. The summed E-state index contributed by atoms with van der Waals surface area (Å²) in [7, 11) is -1.53. The first-order valence-corrected chi connectivity index (χ1v) is 11.1. The van der Waals surface area contributed by atoms with Gasteiger partial charge in [-0.3, -0.25) is 9.59 Å². The van der Waals surface area contributed by atoms with Crippen LogP contribution in [0.1, 0.15) is 56.2 Å². The molecule has 7 nitrogen and oxygen atoms in total. The first kappa shape index (κ1) is 25.6. The van der Waals surface area contributed by atoms with Gasteiger partial charge in [-0.15, -0.1) is 0 Å². The third-order valence-electron chi connectivity index (χ3n) is 5.69. The lowest BCUT2D eigenvalue weighted by Gasteiger charge is -2.31. The van der Waals surface area contributed by atoms with Crippen LogP contribution in [0.3, 0.4) is 0 Å². The van der Waals surface area contributed by atoms with Crippen LogP contribution >= 0.6 is 0 Å². The number of amides is 2. The minimum absolute atomic E-state index is 0.0407. The molecule has 172 valence electrons. The second-order valence-electron chi connectivity index (χ2n) is 8.11. The van der Waals surface area contributed by atoms with Gasteiger partial charge in [0.25, 0.3) is 0 Å². The number of unbranched alkanes of at least 4 members (excludes halogenated alkanes) is 1. The van der Waals surface area contributed by atoms with Gasteiger partial charge in [0.05, 0.1) is 12.0 Å². The van der Waals surface area contributed by atoms with Crippen molar-refractivity contribution in [2.75, 3.05) is 13.1 Å². The highest BCUT2D eigenvalue weighted by atomic mass is 16.4. The summed E-state index contributed by atoms with van der Waals surface area (Å²) in [6, 6.07) is 19.0. The highest BCUT2D eigenvalue weighted by molar-refractivity contribution is 6.43. The maximum absolute atomic E-state index is 13.4. The zero-order chi connectivity index (χ0) is 23.5. The molecule has 5 N–H and O–H groups in total. The summed E-state index contributed by atoms with van der Waals surface area (Å²) in [5, 5.41) is 20.9. The molecule has 0 bridgehead atoms. The monoisotopic (exact) mass is 439 g/mol. The normalized spacial score (nSPS) is 13.7. The molecule has 0 saturated carbocycles. The Kier molecular flexibility index (Phi) is 10.4. The Hall–Kier alpha value is -2.68. The molecule has 0 aromatic heterocycles. The fraction of sp³-hybridized carbons (Fsp3) is 0.417. The second kappa shape index (κ2) is 13.0. The Balaban J connectivity index is 2.01. The molecule has 2 rings (SSSR count). The van der Waals surface area contributed by atoms with Crippen molar-refractivity contribution in [1.82, 2.24) is 10.2 Å². The third kappa shape index (κ3) is 7.78. The highest BCUT2D eigenvalue weighted by Crippen LogP contribution is 2.25. The fourth-order valence-corrected chi connectivity index (χ4v) is 3.54. The van der Waals surface area contributed by atoms with E-state index >= 15 is 0 Å². The zero-order valence-electron chi connectivity index (χ0n) is 18.9. The number of benzene rings is 2.